The molecule has 7 nitrogen and oxygen atoms in total. The zero-order valence-corrected chi connectivity index (χ0v) is 21.0. The van der Waals surface area contributed by atoms with Gasteiger partial charge >= 0.3 is 0 Å². The fourth-order valence-electron chi connectivity index (χ4n) is 4.26. The molecule has 1 saturated heterocycles. The summed E-state index contributed by atoms with van der Waals surface area (Å²) in [4.78, 5) is 11.6. The fraction of sp³-hybridized carbons (Fsp3) is 0.250. The topological polar surface area (TPSA) is 75.5 Å². The number of thiocarbonyl (C=S) groups is 1. The third-order valence-corrected chi connectivity index (χ3v) is 6.37. The van der Waals surface area contributed by atoms with Crippen LogP contribution in [-0.4, -0.2) is 27.7 Å². The molecule has 1 fully saturated rings. The molecule has 0 amide bonds. The van der Waals surface area contributed by atoms with Crippen molar-refractivity contribution in [3.8, 4) is 23.0 Å². The summed E-state index contributed by atoms with van der Waals surface area (Å²) in [7, 11) is 0. The normalized spacial score (nSPS) is 15.4. The highest BCUT2D eigenvalue weighted by Crippen LogP contribution is 2.29. The van der Waals surface area contributed by atoms with E-state index in [0.29, 0.717) is 35.3 Å². The second-order valence-corrected chi connectivity index (χ2v) is 9.19. The molecule has 2 aromatic heterocycles. The lowest BCUT2D eigenvalue weighted by Crippen LogP contribution is -2.38. The summed E-state index contributed by atoms with van der Waals surface area (Å²) in [6.07, 6.45) is 3.50. The molecule has 1 aliphatic heterocycles. The van der Waals surface area contributed by atoms with Crippen LogP contribution in [0.25, 0.3) is 11.3 Å². The first kappa shape index (κ1) is 23.8. The molecule has 0 spiro atoms. The highest BCUT2D eigenvalue weighted by atomic mass is 32.1. The maximum absolute atomic E-state index is 6.04. The van der Waals surface area contributed by atoms with E-state index in [0.717, 1.165) is 42.3 Å². The molecule has 3 heterocycles. The van der Waals surface area contributed by atoms with Crippen molar-refractivity contribution in [2.75, 3.05) is 16.8 Å². The van der Waals surface area contributed by atoms with E-state index >= 15 is 0 Å². The average molecular weight is 500 g/mol. The standard InChI is InChI=1S/C28H29N5O2S/c1-20-10-8-9-17-33(20)25-18-26(35-22-13-6-3-7-14-22)31-27(30-25)32-28(36)29-19-23-15-16-24(34-23)21-11-4-2-5-12-21/h2-7,11-16,18,20H,8-10,17,19H2,1H3,(H2,29,30,31,32,36). The molecule has 0 aliphatic carbocycles. The minimum absolute atomic E-state index is 0.387. The number of aromatic nitrogens is 2. The number of nitrogens with zero attached hydrogens (tertiary/aromatic N) is 3. The van der Waals surface area contributed by atoms with Crippen molar-refractivity contribution < 1.29 is 9.15 Å². The predicted molar refractivity (Wildman–Crippen MR) is 146 cm³/mol. The van der Waals surface area contributed by atoms with E-state index in [-0.39, 0.29) is 0 Å². The van der Waals surface area contributed by atoms with Gasteiger partial charge in [0, 0.05) is 24.2 Å². The third-order valence-electron chi connectivity index (χ3n) is 6.12. The van der Waals surface area contributed by atoms with Gasteiger partial charge in [-0.2, -0.15) is 9.97 Å². The minimum atomic E-state index is 0.387. The van der Waals surface area contributed by atoms with Gasteiger partial charge in [0.1, 0.15) is 23.1 Å². The summed E-state index contributed by atoms with van der Waals surface area (Å²) in [5.41, 5.74) is 1.03. The number of piperidine rings is 1. The first-order valence-corrected chi connectivity index (χ1v) is 12.6. The fourth-order valence-corrected chi connectivity index (χ4v) is 4.42. The number of anilines is 2. The van der Waals surface area contributed by atoms with Crippen LogP contribution in [0.1, 0.15) is 31.9 Å². The zero-order chi connectivity index (χ0) is 24.7. The SMILES string of the molecule is CC1CCCCN1c1cc(Oc2ccccc2)nc(NC(=S)NCc2ccc(-c3ccccc3)o2)n1. The van der Waals surface area contributed by atoms with E-state index < -0.39 is 0 Å². The van der Waals surface area contributed by atoms with Crippen molar-refractivity contribution >= 4 is 29.1 Å². The van der Waals surface area contributed by atoms with E-state index in [1.54, 1.807) is 0 Å². The molecule has 2 N–H and O–H groups in total. The Hall–Kier alpha value is -3.91. The van der Waals surface area contributed by atoms with Crippen LogP contribution in [0.3, 0.4) is 0 Å². The number of hydrogen-bond donors (Lipinski definition) is 2. The number of nitrogens with one attached hydrogen (secondary N) is 2. The van der Waals surface area contributed by atoms with Crippen molar-refractivity contribution in [2.45, 2.75) is 38.8 Å². The second kappa shape index (κ2) is 11.2. The lowest BCUT2D eigenvalue weighted by molar-refractivity contribution is 0.457. The molecule has 8 heteroatoms. The Bertz CT molecular complexity index is 1300. The van der Waals surface area contributed by atoms with Crippen molar-refractivity contribution in [2.24, 2.45) is 0 Å². The van der Waals surface area contributed by atoms with Crippen LogP contribution in [0, 0.1) is 0 Å². The Labute approximate surface area is 216 Å². The van der Waals surface area contributed by atoms with E-state index in [4.69, 9.17) is 26.4 Å². The van der Waals surface area contributed by atoms with Crippen LogP contribution in [0.2, 0.25) is 0 Å². The molecule has 5 rings (SSSR count). The number of hydrogen-bond acceptors (Lipinski definition) is 6. The number of ether oxygens (including phenoxy) is 1. The van der Waals surface area contributed by atoms with E-state index in [2.05, 4.69) is 27.4 Å². The summed E-state index contributed by atoms with van der Waals surface area (Å²) < 4.78 is 12.0. The largest absolute Gasteiger partial charge is 0.459 e. The number of furan rings is 1. The Morgan fingerprint density at radius 1 is 1.03 bits per heavy atom. The van der Waals surface area contributed by atoms with Gasteiger partial charge in [0.05, 0.1) is 6.54 Å². The average Bonchev–Trinajstić information content (AvgIpc) is 3.38. The van der Waals surface area contributed by atoms with Crippen LogP contribution in [0.5, 0.6) is 11.6 Å². The molecule has 0 radical (unpaired) electrons. The first-order valence-electron chi connectivity index (χ1n) is 12.2. The van der Waals surface area contributed by atoms with Gasteiger partial charge in [-0.15, -0.1) is 0 Å². The van der Waals surface area contributed by atoms with Crippen molar-refractivity contribution in [1.82, 2.24) is 15.3 Å². The summed E-state index contributed by atoms with van der Waals surface area (Å²) in [6.45, 7) is 3.62. The quantitative estimate of drug-likeness (QED) is 0.283. The van der Waals surface area contributed by atoms with E-state index in [1.165, 1.54) is 6.42 Å². The van der Waals surface area contributed by atoms with E-state index in [9.17, 15) is 0 Å². The highest BCUT2D eigenvalue weighted by Gasteiger charge is 2.22. The lowest BCUT2D eigenvalue weighted by Gasteiger charge is -2.34. The van der Waals surface area contributed by atoms with Crippen LogP contribution in [0.4, 0.5) is 11.8 Å². The molecule has 0 saturated carbocycles. The third kappa shape index (κ3) is 6.01. The van der Waals surface area contributed by atoms with Gasteiger partial charge in [0.25, 0.3) is 0 Å². The van der Waals surface area contributed by atoms with Gasteiger partial charge in [0.2, 0.25) is 11.8 Å². The zero-order valence-electron chi connectivity index (χ0n) is 20.2. The van der Waals surface area contributed by atoms with Gasteiger partial charge in [0.15, 0.2) is 5.11 Å². The molecule has 4 aromatic rings. The van der Waals surface area contributed by atoms with Gasteiger partial charge in [-0.25, -0.2) is 0 Å². The van der Waals surface area contributed by atoms with Crippen molar-refractivity contribution in [1.29, 1.82) is 0 Å². The molecular formula is C28H29N5O2S. The molecule has 1 unspecified atom stereocenters. The Morgan fingerprint density at radius 3 is 2.58 bits per heavy atom. The molecular weight excluding hydrogens is 470 g/mol. The molecule has 184 valence electrons. The summed E-state index contributed by atoms with van der Waals surface area (Å²) in [5, 5.41) is 6.71. The van der Waals surface area contributed by atoms with Gasteiger partial charge in [-0.05, 0) is 62.7 Å². The summed E-state index contributed by atoms with van der Waals surface area (Å²) in [5.74, 6) is 3.99. The smallest absolute Gasteiger partial charge is 0.234 e. The monoisotopic (exact) mass is 499 g/mol. The van der Waals surface area contributed by atoms with Crippen molar-refractivity contribution in [3.63, 3.8) is 0 Å². The number of rotatable bonds is 7. The molecule has 1 atom stereocenters. The van der Waals surface area contributed by atoms with Crippen LogP contribution in [0.15, 0.2) is 83.3 Å². The molecule has 1 aliphatic rings. The summed E-state index contributed by atoms with van der Waals surface area (Å²) >= 11 is 5.53. The van der Waals surface area contributed by atoms with Crippen LogP contribution in [-0.2, 0) is 6.54 Å². The number of para-hydroxylation sites is 1. The molecule has 0 bridgehead atoms. The Balaban J connectivity index is 1.29. The van der Waals surface area contributed by atoms with Crippen LogP contribution < -0.4 is 20.3 Å². The van der Waals surface area contributed by atoms with Gasteiger partial charge in [-0.3, -0.25) is 0 Å². The maximum atomic E-state index is 6.04. The highest BCUT2D eigenvalue weighted by molar-refractivity contribution is 7.80. The predicted octanol–water partition coefficient (Wildman–Crippen LogP) is 6.39. The van der Waals surface area contributed by atoms with E-state index in [1.807, 2.05) is 78.9 Å². The molecule has 36 heavy (non-hydrogen) atoms. The first-order chi connectivity index (χ1) is 17.6. The number of benzene rings is 2. The second-order valence-electron chi connectivity index (χ2n) is 8.78. The van der Waals surface area contributed by atoms with Gasteiger partial charge < -0.3 is 24.7 Å². The summed E-state index contributed by atoms with van der Waals surface area (Å²) in [6, 6.07) is 25.8. The maximum Gasteiger partial charge on any atom is 0.234 e. The van der Waals surface area contributed by atoms with Crippen LogP contribution >= 0.6 is 12.2 Å². The Morgan fingerprint density at radius 2 is 1.81 bits per heavy atom. The van der Waals surface area contributed by atoms with Gasteiger partial charge in [-0.1, -0.05) is 48.5 Å². The van der Waals surface area contributed by atoms with Crippen molar-refractivity contribution in [3.05, 3.63) is 84.6 Å². The lowest BCUT2D eigenvalue weighted by atomic mass is 10.0. The molecule has 2 aromatic carbocycles. The Kier molecular flexibility index (Phi) is 7.42. The minimum Gasteiger partial charge on any atom is -0.459 e.